The Morgan fingerprint density at radius 3 is 2.58 bits per heavy atom. The third-order valence-electron chi connectivity index (χ3n) is 4.04. The van der Waals surface area contributed by atoms with Crippen molar-refractivity contribution in [2.75, 3.05) is 11.9 Å². The van der Waals surface area contributed by atoms with Gasteiger partial charge in [-0.05, 0) is 23.6 Å². The Kier molecular flexibility index (Phi) is 4.69. The lowest BCUT2D eigenvalue weighted by molar-refractivity contribution is -0.384. The molecular weight excluding hydrogens is 308 g/mol. The molecule has 0 unspecified atom stereocenters. The molecule has 0 radical (unpaired) electrons. The normalized spacial score (nSPS) is 12.8. The number of rotatable bonds is 6. The molecule has 1 aromatic heterocycles. The number of fused-ring (bicyclic) bond motifs is 1. The standard InChI is InChI=1S/C17H18N4O3/c22-16(20-11-13-5-1-2-6-14(13)12-20)8-4-10-19-17-15(21(23)24)7-3-9-18-17/h1-3,5-7,9H,4,8,10-12H2,(H,18,19). The Bertz CT molecular complexity index is 738. The first-order chi connectivity index (χ1) is 11.6. The van der Waals surface area contributed by atoms with E-state index in [1.807, 2.05) is 29.2 Å². The van der Waals surface area contributed by atoms with Gasteiger partial charge in [-0.25, -0.2) is 4.98 Å². The van der Waals surface area contributed by atoms with E-state index in [-0.39, 0.29) is 17.4 Å². The highest BCUT2D eigenvalue weighted by Gasteiger charge is 2.22. The van der Waals surface area contributed by atoms with Gasteiger partial charge in [0, 0.05) is 38.3 Å². The molecule has 0 saturated carbocycles. The lowest BCUT2D eigenvalue weighted by Gasteiger charge is -2.15. The number of hydrogen-bond acceptors (Lipinski definition) is 5. The summed E-state index contributed by atoms with van der Waals surface area (Å²) < 4.78 is 0. The van der Waals surface area contributed by atoms with Gasteiger partial charge in [0.1, 0.15) is 0 Å². The van der Waals surface area contributed by atoms with Crippen molar-refractivity contribution in [3.8, 4) is 0 Å². The molecule has 7 heteroatoms. The first-order valence-electron chi connectivity index (χ1n) is 7.83. The Hall–Kier alpha value is -2.96. The quantitative estimate of drug-likeness (QED) is 0.501. The number of aromatic nitrogens is 1. The average molecular weight is 326 g/mol. The molecular formula is C17H18N4O3. The number of hydrogen-bond donors (Lipinski definition) is 1. The molecule has 1 aliphatic heterocycles. The van der Waals surface area contributed by atoms with Gasteiger partial charge < -0.3 is 10.2 Å². The SMILES string of the molecule is O=C(CCCNc1ncccc1[N+](=O)[O-])N1Cc2ccccc2C1. The lowest BCUT2D eigenvalue weighted by atomic mass is 10.1. The molecule has 124 valence electrons. The van der Waals surface area contributed by atoms with Crippen LogP contribution in [0.25, 0.3) is 0 Å². The lowest BCUT2D eigenvalue weighted by Crippen LogP contribution is -2.25. The highest BCUT2D eigenvalue weighted by molar-refractivity contribution is 5.77. The molecule has 0 fully saturated rings. The zero-order chi connectivity index (χ0) is 16.9. The number of nitro groups is 1. The van der Waals surface area contributed by atoms with Crippen LogP contribution < -0.4 is 5.32 Å². The molecule has 0 atom stereocenters. The summed E-state index contributed by atoms with van der Waals surface area (Å²) in [6.07, 6.45) is 2.50. The third-order valence-corrected chi connectivity index (χ3v) is 4.04. The highest BCUT2D eigenvalue weighted by atomic mass is 16.6. The number of nitrogens with zero attached hydrogens (tertiary/aromatic N) is 3. The Morgan fingerprint density at radius 2 is 1.92 bits per heavy atom. The second-order valence-electron chi connectivity index (χ2n) is 5.68. The van der Waals surface area contributed by atoms with Crippen molar-refractivity contribution < 1.29 is 9.72 Å². The smallest absolute Gasteiger partial charge is 0.311 e. The van der Waals surface area contributed by atoms with Crippen LogP contribution in [0.3, 0.4) is 0 Å². The van der Waals surface area contributed by atoms with Gasteiger partial charge in [-0.1, -0.05) is 24.3 Å². The fourth-order valence-corrected chi connectivity index (χ4v) is 2.79. The van der Waals surface area contributed by atoms with Gasteiger partial charge in [-0.15, -0.1) is 0 Å². The maximum Gasteiger partial charge on any atom is 0.311 e. The van der Waals surface area contributed by atoms with Crippen LogP contribution in [-0.4, -0.2) is 27.3 Å². The van der Waals surface area contributed by atoms with Gasteiger partial charge in [0.15, 0.2) is 0 Å². The van der Waals surface area contributed by atoms with Crippen LogP contribution in [-0.2, 0) is 17.9 Å². The number of pyridine rings is 1. The molecule has 1 aliphatic rings. The minimum atomic E-state index is -0.470. The second-order valence-corrected chi connectivity index (χ2v) is 5.68. The van der Waals surface area contributed by atoms with Gasteiger partial charge in [-0.2, -0.15) is 0 Å². The molecule has 7 nitrogen and oxygen atoms in total. The number of carbonyl (C=O) groups is 1. The summed E-state index contributed by atoms with van der Waals surface area (Å²) >= 11 is 0. The second kappa shape index (κ2) is 7.08. The van der Waals surface area contributed by atoms with E-state index in [0.29, 0.717) is 32.5 Å². The topological polar surface area (TPSA) is 88.4 Å². The molecule has 2 heterocycles. The zero-order valence-electron chi connectivity index (χ0n) is 13.1. The summed E-state index contributed by atoms with van der Waals surface area (Å²) in [5, 5.41) is 13.8. The molecule has 1 aromatic carbocycles. The van der Waals surface area contributed by atoms with E-state index in [4.69, 9.17) is 0 Å². The number of nitrogens with one attached hydrogen (secondary N) is 1. The molecule has 0 saturated heterocycles. The summed E-state index contributed by atoms with van der Waals surface area (Å²) in [6.45, 7) is 1.78. The summed E-state index contributed by atoms with van der Waals surface area (Å²) in [5.74, 6) is 0.340. The number of anilines is 1. The van der Waals surface area contributed by atoms with Crippen LogP contribution in [0.2, 0.25) is 0 Å². The number of carbonyl (C=O) groups excluding carboxylic acids is 1. The van der Waals surface area contributed by atoms with Crippen molar-refractivity contribution in [3.63, 3.8) is 0 Å². The molecule has 2 aromatic rings. The van der Waals surface area contributed by atoms with Crippen LogP contribution in [0.4, 0.5) is 11.5 Å². The van der Waals surface area contributed by atoms with E-state index in [2.05, 4.69) is 10.3 Å². The van der Waals surface area contributed by atoms with Crippen molar-refractivity contribution in [2.45, 2.75) is 25.9 Å². The van der Waals surface area contributed by atoms with Gasteiger partial charge >= 0.3 is 5.69 Å². The van der Waals surface area contributed by atoms with Crippen LogP contribution >= 0.6 is 0 Å². The largest absolute Gasteiger partial charge is 0.364 e. The summed E-state index contributed by atoms with van der Waals surface area (Å²) in [6, 6.07) is 11.0. The fourth-order valence-electron chi connectivity index (χ4n) is 2.79. The third kappa shape index (κ3) is 3.51. The van der Waals surface area contributed by atoms with E-state index < -0.39 is 4.92 Å². The summed E-state index contributed by atoms with van der Waals surface area (Å²) in [4.78, 5) is 28.5. The van der Waals surface area contributed by atoms with Crippen LogP contribution in [0.1, 0.15) is 24.0 Å². The molecule has 24 heavy (non-hydrogen) atoms. The predicted molar refractivity (Wildman–Crippen MR) is 89.3 cm³/mol. The number of benzene rings is 1. The van der Waals surface area contributed by atoms with Crippen molar-refractivity contribution >= 4 is 17.4 Å². The molecule has 3 rings (SSSR count). The molecule has 1 amide bonds. The van der Waals surface area contributed by atoms with Crippen molar-refractivity contribution in [2.24, 2.45) is 0 Å². The van der Waals surface area contributed by atoms with E-state index in [9.17, 15) is 14.9 Å². The number of amides is 1. The van der Waals surface area contributed by atoms with Crippen molar-refractivity contribution in [3.05, 3.63) is 63.8 Å². The Morgan fingerprint density at radius 1 is 1.21 bits per heavy atom. The van der Waals surface area contributed by atoms with E-state index in [1.54, 1.807) is 0 Å². The molecule has 0 aliphatic carbocycles. The van der Waals surface area contributed by atoms with E-state index in [0.717, 1.165) is 0 Å². The first-order valence-corrected chi connectivity index (χ1v) is 7.83. The first kappa shape index (κ1) is 15.9. The maximum atomic E-state index is 12.3. The van der Waals surface area contributed by atoms with Crippen molar-refractivity contribution in [1.82, 2.24) is 9.88 Å². The van der Waals surface area contributed by atoms with Gasteiger partial charge in [0.2, 0.25) is 11.7 Å². The Labute approximate surface area is 139 Å². The van der Waals surface area contributed by atoms with Gasteiger partial charge in [0.25, 0.3) is 0 Å². The van der Waals surface area contributed by atoms with E-state index >= 15 is 0 Å². The Balaban J connectivity index is 1.46. The molecule has 0 spiro atoms. The maximum absolute atomic E-state index is 12.3. The monoisotopic (exact) mass is 326 g/mol. The van der Waals surface area contributed by atoms with Crippen LogP contribution in [0.5, 0.6) is 0 Å². The van der Waals surface area contributed by atoms with Gasteiger partial charge in [0.05, 0.1) is 4.92 Å². The molecule has 1 N–H and O–H groups in total. The fraction of sp³-hybridized carbons (Fsp3) is 0.294. The summed E-state index contributed by atoms with van der Waals surface area (Å²) in [7, 11) is 0. The van der Waals surface area contributed by atoms with Gasteiger partial charge in [-0.3, -0.25) is 14.9 Å². The zero-order valence-corrected chi connectivity index (χ0v) is 13.1. The van der Waals surface area contributed by atoms with Crippen LogP contribution in [0, 0.1) is 10.1 Å². The van der Waals surface area contributed by atoms with E-state index in [1.165, 1.54) is 29.5 Å². The van der Waals surface area contributed by atoms with Crippen molar-refractivity contribution in [1.29, 1.82) is 0 Å². The summed E-state index contributed by atoms with van der Waals surface area (Å²) in [5.41, 5.74) is 2.35. The van der Waals surface area contributed by atoms with Crippen LogP contribution in [0.15, 0.2) is 42.6 Å². The molecule has 0 bridgehead atoms. The predicted octanol–water partition coefficient (Wildman–Crippen LogP) is 2.72. The average Bonchev–Trinajstić information content (AvgIpc) is 3.03. The minimum Gasteiger partial charge on any atom is -0.364 e. The minimum absolute atomic E-state index is 0.0566. The highest BCUT2D eigenvalue weighted by Crippen LogP contribution is 2.23.